The molecule has 5 nitrogen and oxygen atoms in total. The smallest absolute Gasteiger partial charge is 0.205 e. The van der Waals surface area contributed by atoms with Crippen molar-refractivity contribution in [2.24, 2.45) is 0 Å². The van der Waals surface area contributed by atoms with Gasteiger partial charge in [-0.15, -0.1) is 10.2 Å². The van der Waals surface area contributed by atoms with Crippen LogP contribution in [0.3, 0.4) is 0 Å². The molecule has 0 aliphatic carbocycles. The maximum atomic E-state index is 4.22. The second-order valence-electron chi connectivity index (χ2n) is 10.6. The van der Waals surface area contributed by atoms with Gasteiger partial charge in [0.05, 0.1) is 5.54 Å². The van der Waals surface area contributed by atoms with Gasteiger partial charge in [-0.3, -0.25) is 4.90 Å². The summed E-state index contributed by atoms with van der Waals surface area (Å²) in [7, 11) is 0. The van der Waals surface area contributed by atoms with Gasteiger partial charge in [0.25, 0.3) is 0 Å². The van der Waals surface area contributed by atoms with Crippen molar-refractivity contribution in [1.29, 1.82) is 0 Å². The molecule has 5 aromatic carbocycles. The van der Waals surface area contributed by atoms with E-state index >= 15 is 0 Å². The lowest BCUT2D eigenvalue weighted by Gasteiger charge is -2.46. The first kappa shape index (κ1) is 27.3. The van der Waals surface area contributed by atoms with Crippen molar-refractivity contribution in [1.82, 2.24) is 25.5 Å². The van der Waals surface area contributed by atoms with Gasteiger partial charge in [0.1, 0.15) is 0 Å². The molecule has 0 aliphatic rings. The summed E-state index contributed by atoms with van der Waals surface area (Å²) in [6, 6.07) is 50.0. The predicted octanol–water partition coefficient (Wildman–Crippen LogP) is 8.13. The lowest BCUT2D eigenvalue weighted by molar-refractivity contribution is 0.145. The van der Waals surface area contributed by atoms with E-state index in [2.05, 4.69) is 154 Å². The summed E-state index contributed by atoms with van der Waals surface area (Å²) in [4.78, 5) is 2.67. The predicted molar refractivity (Wildman–Crippen MR) is 170 cm³/mol. The third-order valence-corrected chi connectivity index (χ3v) is 7.98. The van der Waals surface area contributed by atoms with E-state index in [1.165, 1.54) is 22.3 Å². The van der Waals surface area contributed by atoms with E-state index in [9.17, 15) is 0 Å². The van der Waals surface area contributed by atoms with Gasteiger partial charge >= 0.3 is 0 Å². The highest BCUT2D eigenvalue weighted by Crippen LogP contribution is 2.43. The van der Waals surface area contributed by atoms with Crippen LogP contribution in [-0.4, -0.2) is 32.1 Å². The molecule has 1 heterocycles. The molecule has 0 spiro atoms. The van der Waals surface area contributed by atoms with Gasteiger partial charge in [-0.1, -0.05) is 153 Å². The molecular formula is C37H35N5. The summed E-state index contributed by atoms with van der Waals surface area (Å²) in [6.07, 6.45) is 2.22. The van der Waals surface area contributed by atoms with Gasteiger partial charge in [-0.2, -0.15) is 5.21 Å². The molecule has 6 aromatic rings. The number of tetrazole rings is 1. The van der Waals surface area contributed by atoms with E-state index in [4.69, 9.17) is 0 Å². The average molecular weight is 550 g/mol. The lowest BCUT2D eigenvalue weighted by Crippen LogP contribution is -2.48. The first-order chi connectivity index (χ1) is 20.8. The van der Waals surface area contributed by atoms with Crippen molar-refractivity contribution >= 4 is 0 Å². The molecule has 0 saturated carbocycles. The van der Waals surface area contributed by atoms with E-state index in [-0.39, 0.29) is 0 Å². The Balaban J connectivity index is 1.45. The molecule has 1 aromatic heterocycles. The lowest BCUT2D eigenvalue weighted by atomic mass is 9.75. The van der Waals surface area contributed by atoms with Crippen molar-refractivity contribution in [3.8, 4) is 22.5 Å². The van der Waals surface area contributed by atoms with Crippen LogP contribution in [0.1, 0.15) is 42.0 Å². The number of aromatic nitrogens is 4. The van der Waals surface area contributed by atoms with E-state index in [0.717, 1.165) is 42.6 Å². The van der Waals surface area contributed by atoms with Gasteiger partial charge in [0.15, 0.2) is 0 Å². The Hall–Kier alpha value is -4.87. The SMILES string of the molecule is CCCCN(Cc1ccc(-c2ccccc2-c2nn[nH]n2)cc1)C(c1ccccc1)(c1ccccc1)c1ccccc1. The second kappa shape index (κ2) is 12.8. The van der Waals surface area contributed by atoms with Crippen LogP contribution in [0.2, 0.25) is 0 Å². The summed E-state index contributed by atoms with van der Waals surface area (Å²) in [5, 5.41) is 14.8. The molecule has 208 valence electrons. The molecule has 0 unspecified atom stereocenters. The van der Waals surface area contributed by atoms with Crippen LogP contribution in [-0.2, 0) is 12.1 Å². The van der Waals surface area contributed by atoms with Gasteiger partial charge in [0, 0.05) is 12.1 Å². The van der Waals surface area contributed by atoms with Crippen LogP contribution < -0.4 is 0 Å². The number of hydrogen-bond donors (Lipinski definition) is 1. The van der Waals surface area contributed by atoms with Gasteiger partial charge < -0.3 is 0 Å². The van der Waals surface area contributed by atoms with Crippen LogP contribution >= 0.6 is 0 Å². The maximum absolute atomic E-state index is 4.22. The number of aromatic amines is 1. The van der Waals surface area contributed by atoms with Crippen molar-refractivity contribution in [3.05, 3.63) is 162 Å². The third kappa shape index (κ3) is 5.39. The van der Waals surface area contributed by atoms with Crippen molar-refractivity contribution < 1.29 is 0 Å². The normalized spacial score (nSPS) is 11.6. The topological polar surface area (TPSA) is 57.7 Å². The molecule has 0 aliphatic heterocycles. The Bertz CT molecular complexity index is 1570. The third-order valence-electron chi connectivity index (χ3n) is 7.98. The number of unbranched alkanes of at least 4 members (excludes halogenated alkanes) is 1. The Kier molecular flexibility index (Phi) is 8.29. The van der Waals surface area contributed by atoms with E-state index < -0.39 is 5.54 Å². The summed E-state index contributed by atoms with van der Waals surface area (Å²) >= 11 is 0. The zero-order valence-corrected chi connectivity index (χ0v) is 23.9. The molecule has 6 rings (SSSR count). The number of nitrogens with one attached hydrogen (secondary N) is 1. The fraction of sp³-hybridized carbons (Fsp3) is 0.162. The first-order valence-corrected chi connectivity index (χ1v) is 14.6. The van der Waals surface area contributed by atoms with Gasteiger partial charge in [-0.05, 0) is 51.6 Å². The second-order valence-corrected chi connectivity index (χ2v) is 10.6. The highest BCUT2D eigenvalue weighted by molar-refractivity contribution is 5.80. The maximum Gasteiger partial charge on any atom is 0.205 e. The standard InChI is InChI=1S/C37H35N5/c1-2-3-27-42(28-29-23-25-30(26-24-29)34-21-13-14-22-35(34)36-38-40-41-39-36)37(31-15-7-4-8-16-31,32-17-9-5-10-18-32)33-19-11-6-12-20-33/h4-26H,2-3,27-28H2,1H3,(H,38,39,40,41). The highest BCUT2D eigenvalue weighted by Gasteiger charge is 2.41. The molecule has 0 fully saturated rings. The largest absolute Gasteiger partial charge is 0.282 e. The number of H-pyrrole nitrogens is 1. The highest BCUT2D eigenvalue weighted by atomic mass is 15.5. The molecule has 0 saturated heterocycles. The Labute approximate surface area is 247 Å². The quantitative estimate of drug-likeness (QED) is 0.166. The van der Waals surface area contributed by atoms with Crippen molar-refractivity contribution in [2.45, 2.75) is 31.8 Å². The Morgan fingerprint density at radius 3 is 1.64 bits per heavy atom. The number of benzene rings is 5. The monoisotopic (exact) mass is 549 g/mol. The van der Waals surface area contributed by atoms with Crippen LogP contribution in [0.25, 0.3) is 22.5 Å². The minimum atomic E-state index is -0.456. The van der Waals surface area contributed by atoms with Crippen LogP contribution in [0.4, 0.5) is 0 Å². The molecule has 0 bridgehead atoms. The first-order valence-electron chi connectivity index (χ1n) is 14.6. The van der Waals surface area contributed by atoms with Crippen LogP contribution in [0.5, 0.6) is 0 Å². The summed E-state index contributed by atoms with van der Waals surface area (Å²) in [5.74, 6) is 0.596. The summed E-state index contributed by atoms with van der Waals surface area (Å²) < 4.78 is 0. The van der Waals surface area contributed by atoms with E-state index in [0.29, 0.717) is 5.82 Å². The van der Waals surface area contributed by atoms with Crippen molar-refractivity contribution in [2.75, 3.05) is 6.54 Å². The molecule has 42 heavy (non-hydrogen) atoms. The fourth-order valence-corrected chi connectivity index (χ4v) is 6.02. The van der Waals surface area contributed by atoms with Crippen molar-refractivity contribution in [3.63, 3.8) is 0 Å². The Morgan fingerprint density at radius 1 is 0.619 bits per heavy atom. The number of rotatable bonds is 11. The number of nitrogens with zero attached hydrogens (tertiary/aromatic N) is 4. The molecule has 0 radical (unpaired) electrons. The van der Waals surface area contributed by atoms with E-state index in [1.54, 1.807) is 0 Å². The summed E-state index contributed by atoms with van der Waals surface area (Å²) in [5.41, 5.74) is 7.78. The van der Waals surface area contributed by atoms with Gasteiger partial charge in [0.2, 0.25) is 5.82 Å². The van der Waals surface area contributed by atoms with Gasteiger partial charge in [-0.25, -0.2) is 0 Å². The minimum Gasteiger partial charge on any atom is -0.282 e. The molecule has 0 atom stereocenters. The van der Waals surface area contributed by atoms with Crippen LogP contribution in [0, 0.1) is 0 Å². The number of hydrogen-bond acceptors (Lipinski definition) is 4. The minimum absolute atomic E-state index is 0.456. The molecule has 0 amide bonds. The van der Waals surface area contributed by atoms with Crippen LogP contribution in [0.15, 0.2) is 140 Å². The Morgan fingerprint density at radius 2 is 1.14 bits per heavy atom. The average Bonchev–Trinajstić information content (AvgIpc) is 3.61. The molecule has 1 N–H and O–H groups in total. The van der Waals surface area contributed by atoms with E-state index in [1.807, 2.05) is 18.2 Å². The summed E-state index contributed by atoms with van der Waals surface area (Å²) in [6.45, 7) is 4.02. The fourth-order valence-electron chi connectivity index (χ4n) is 6.02. The zero-order chi connectivity index (χ0) is 28.6. The molecule has 5 heteroatoms. The molecular weight excluding hydrogens is 514 g/mol. The zero-order valence-electron chi connectivity index (χ0n) is 23.9.